The van der Waals surface area contributed by atoms with Crippen LogP contribution in [-0.2, 0) is 12.7 Å². The Hall–Kier alpha value is -3.88. The van der Waals surface area contributed by atoms with Crippen molar-refractivity contribution >= 4 is 17.5 Å². The second-order valence-corrected chi connectivity index (χ2v) is 6.86. The molecule has 0 spiro atoms. The molecule has 3 aromatic heterocycles. The van der Waals surface area contributed by atoms with Crippen molar-refractivity contribution in [3.05, 3.63) is 83.7 Å². The molecule has 0 saturated heterocycles. The number of hydrogen-bond donors (Lipinski definition) is 0. The van der Waals surface area contributed by atoms with Gasteiger partial charge in [-0.2, -0.15) is 13.2 Å². The van der Waals surface area contributed by atoms with Crippen molar-refractivity contribution in [1.29, 1.82) is 0 Å². The summed E-state index contributed by atoms with van der Waals surface area (Å²) in [5, 5.41) is 0. The van der Waals surface area contributed by atoms with E-state index in [1.54, 1.807) is 18.2 Å². The summed E-state index contributed by atoms with van der Waals surface area (Å²) in [7, 11) is 0. The van der Waals surface area contributed by atoms with Gasteiger partial charge in [0.2, 0.25) is 0 Å². The number of imide groups is 1. The fourth-order valence-electron chi connectivity index (χ4n) is 3.57. The summed E-state index contributed by atoms with van der Waals surface area (Å²) in [5.74, 6) is -0.995. The molecule has 9 heteroatoms. The molecule has 1 aliphatic heterocycles. The van der Waals surface area contributed by atoms with Crippen molar-refractivity contribution < 1.29 is 27.2 Å². The van der Waals surface area contributed by atoms with E-state index >= 15 is 0 Å². The Morgan fingerprint density at radius 2 is 1.67 bits per heavy atom. The smallest absolute Gasteiger partial charge is 0.420 e. The SMILES string of the molecule is O=C1c2ccccc2C(=O)N1Cc1cn2cc(-c3ccoc3)cc(C(F)(F)F)c2n1. The molecule has 0 saturated carbocycles. The van der Waals surface area contributed by atoms with Gasteiger partial charge in [0.05, 0.1) is 41.5 Å². The minimum Gasteiger partial charge on any atom is -0.472 e. The quantitative estimate of drug-likeness (QED) is 0.469. The third-order valence-corrected chi connectivity index (χ3v) is 4.96. The minimum atomic E-state index is -4.64. The first-order valence-corrected chi connectivity index (χ1v) is 8.89. The molecule has 0 fully saturated rings. The van der Waals surface area contributed by atoms with E-state index in [9.17, 15) is 22.8 Å². The van der Waals surface area contributed by atoms with Crippen LogP contribution in [0.4, 0.5) is 13.2 Å². The van der Waals surface area contributed by atoms with Crippen LogP contribution in [0.5, 0.6) is 0 Å². The highest BCUT2D eigenvalue weighted by Crippen LogP contribution is 2.35. The molecule has 4 aromatic rings. The van der Waals surface area contributed by atoms with Crippen LogP contribution < -0.4 is 0 Å². The van der Waals surface area contributed by atoms with E-state index < -0.39 is 23.6 Å². The van der Waals surface area contributed by atoms with Crippen molar-refractivity contribution in [1.82, 2.24) is 14.3 Å². The number of hydrogen-bond acceptors (Lipinski definition) is 4. The van der Waals surface area contributed by atoms with Crippen LogP contribution in [0.1, 0.15) is 32.0 Å². The molecule has 1 aliphatic rings. The summed E-state index contributed by atoms with van der Waals surface area (Å²) in [6, 6.07) is 8.92. The number of benzene rings is 1. The van der Waals surface area contributed by atoms with E-state index in [4.69, 9.17) is 4.42 Å². The molecule has 0 bridgehead atoms. The number of nitrogens with zero attached hydrogens (tertiary/aromatic N) is 3. The highest BCUT2D eigenvalue weighted by molar-refractivity contribution is 6.21. The van der Waals surface area contributed by atoms with Crippen LogP contribution in [-0.4, -0.2) is 26.1 Å². The fourth-order valence-corrected chi connectivity index (χ4v) is 3.57. The molecule has 30 heavy (non-hydrogen) atoms. The van der Waals surface area contributed by atoms with E-state index in [0.717, 1.165) is 11.0 Å². The molecule has 5 rings (SSSR count). The maximum atomic E-state index is 13.7. The van der Waals surface area contributed by atoms with Crippen molar-refractivity contribution in [3.63, 3.8) is 0 Å². The number of carbonyl (C=O) groups is 2. The Labute approximate surface area is 167 Å². The molecule has 0 unspecified atom stereocenters. The first-order chi connectivity index (χ1) is 14.3. The van der Waals surface area contributed by atoms with Gasteiger partial charge in [0.25, 0.3) is 11.8 Å². The van der Waals surface area contributed by atoms with Crippen molar-refractivity contribution in [2.24, 2.45) is 0 Å². The number of amides is 2. The fraction of sp³-hybridized carbons (Fsp3) is 0.0952. The van der Waals surface area contributed by atoms with Crippen LogP contribution in [0.15, 0.2) is 65.7 Å². The van der Waals surface area contributed by atoms with Gasteiger partial charge >= 0.3 is 6.18 Å². The monoisotopic (exact) mass is 411 g/mol. The maximum absolute atomic E-state index is 13.7. The summed E-state index contributed by atoms with van der Waals surface area (Å²) in [4.78, 5) is 30.1. The predicted molar refractivity (Wildman–Crippen MR) is 98.5 cm³/mol. The van der Waals surface area contributed by atoms with Crippen molar-refractivity contribution in [2.45, 2.75) is 12.7 Å². The minimum absolute atomic E-state index is 0.166. The zero-order valence-electron chi connectivity index (χ0n) is 15.2. The Morgan fingerprint density at radius 3 is 2.27 bits per heavy atom. The lowest BCUT2D eigenvalue weighted by Crippen LogP contribution is -2.29. The van der Waals surface area contributed by atoms with Gasteiger partial charge in [-0.25, -0.2) is 4.98 Å². The van der Waals surface area contributed by atoms with Crippen LogP contribution in [0.25, 0.3) is 16.8 Å². The normalized spacial score (nSPS) is 14.0. The van der Waals surface area contributed by atoms with Crippen molar-refractivity contribution in [2.75, 3.05) is 0 Å². The Balaban J connectivity index is 1.57. The van der Waals surface area contributed by atoms with E-state index in [1.165, 1.54) is 41.5 Å². The first-order valence-electron chi connectivity index (χ1n) is 8.89. The number of fused-ring (bicyclic) bond motifs is 2. The predicted octanol–water partition coefficient (Wildman–Crippen LogP) is 4.41. The largest absolute Gasteiger partial charge is 0.472 e. The maximum Gasteiger partial charge on any atom is 0.420 e. The van der Waals surface area contributed by atoms with Crippen LogP contribution in [0, 0.1) is 0 Å². The molecule has 1 aromatic carbocycles. The number of furan rings is 1. The van der Waals surface area contributed by atoms with Gasteiger partial charge in [0, 0.05) is 23.5 Å². The number of pyridine rings is 1. The average molecular weight is 411 g/mol. The van der Waals surface area contributed by atoms with Crippen LogP contribution in [0.2, 0.25) is 0 Å². The molecule has 0 atom stereocenters. The van der Waals surface area contributed by atoms with E-state index in [-0.39, 0.29) is 29.0 Å². The van der Waals surface area contributed by atoms with Crippen LogP contribution in [0.3, 0.4) is 0 Å². The van der Waals surface area contributed by atoms with E-state index in [0.29, 0.717) is 11.1 Å². The topological polar surface area (TPSA) is 67.8 Å². The summed E-state index contributed by atoms with van der Waals surface area (Å²) >= 11 is 0. The summed E-state index contributed by atoms with van der Waals surface area (Å²) < 4.78 is 47.2. The molecule has 0 aliphatic carbocycles. The van der Waals surface area contributed by atoms with Gasteiger partial charge in [-0.1, -0.05) is 12.1 Å². The number of aromatic nitrogens is 2. The number of carbonyl (C=O) groups excluding carboxylic acids is 2. The summed E-state index contributed by atoms with van der Waals surface area (Å²) in [6.07, 6.45) is 0.956. The number of rotatable bonds is 3. The molecule has 0 N–H and O–H groups in total. The van der Waals surface area contributed by atoms with Gasteiger partial charge in [-0.3, -0.25) is 14.5 Å². The van der Waals surface area contributed by atoms with Crippen LogP contribution >= 0.6 is 0 Å². The lowest BCUT2D eigenvalue weighted by atomic mass is 10.1. The number of alkyl halides is 3. The molecule has 150 valence electrons. The van der Waals surface area contributed by atoms with E-state index in [2.05, 4.69) is 4.98 Å². The Kier molecular flexibility index (Phi) is 3.82. The third-order valence-electron chi connectivity index (χ3n) is 4.96. The van der Waals surface area contributed by atoms with Gasteiger partial charge in [0.1, 0.15) is 5.65 Å². The van der Waals surface area contributed by atoms with Gasteiger partial charge in [0.15, 0.2) is 0 Å². The molecule has 2 amide bonds. The van der Waals surface area contributed by atoms with E-state index in [1.807, 2.05) is 0 Å². The Bertz CT molecular complexity index is 1270. The second kappa shape index (κ2) is 6.31. The molecule has 0 radical (unpaired) electrons. The van der Waals surface area contributed by atoms with Gasteiger partial charge in [-0.05, 0) is 24.3 Å². The highest BCUT2D eigenvalue weighted by Gasteiger charge is 2.37. The Morgan fingerprint density at radius 1 is 0.967 bits per heavy atom. The standard InChI is InChI=1S/C21H12F3N3O3/c22-21(23,24)17-7-13(12-5-6-30-11-12)8-26-9-14(25-18(17)26)10-27-19(28)15-3-1-2-4-16(15)20(27)29/h1-9,11H,10H2. The molecular weight excluding hydrogens is 399 g/mol. The molecule has 4 heterocycles. The summed E-state index contributed by atoms with van der Waals surface area (Å²) in [5.41, 5.74) is 0.260. The highest BCUT2D eigenvalue weighted by atomic mass is 19.4. The van der Waals surface area contributed by atoms with Crippen molar-refractivity contribution in [3.8, 4) is 11.1 Å². The summed E-state index contributed by atoms with van der Waals surface area (Å²) in [6.45, 7) is -0.230. The molecule has 6 nitrogen and oxygen atoms in total. The zero-order valence-corrected chi connectivity index (χ0v) is 15.2. The third kappa shape index (κ3) is 2.78. The number of halogens is 3. The zero-order chi connectivity index (χ0) is 21.0. The first kappa shape index (κ1) is 18.2. The second-order valence-electron chi connectivity index (χ2n) is 6.86. The lowest BCUT2D eigenvalue weighted by Gasteiger charge is -2.11. The molecular formula is C21H12F3N3O3. The lowest BCUT2D eigenvalue weighted by molar-refractivity contribution is -0.136. The average Bonchev–Trinajstić information content (AvgIpc) is 3.42. The number of imidazole rings is 1. The van der Waals surface area contributed by atoms with Gasteiger partial charge in [-0.15, -0.1) is 0 Å². The van der Waals surface area contributed by atoms with Gasteiger partial charge < -0.3 is 8.82 Å².